The first kappa shape index (κ1) is 27.6. The highest BCUT2D eigenvalue weighted by molar-refractivity contribution is 5.99. The number of benzene rings is 2. The molecule has 5 rings (SSSR count). The molecule has 1 saturated heterocycles. The summed E-state index contributed by atoms with van der Waals surface area (Å²) in [7, 11) is 0. The van der Waals surface area contributed by atoms with E-state index in [-0.39, 0.29) is 30.3 Å². The molecule has 0 saturated carbocycles. The Morgan fingerprint density at radius 2 is 1.65 bits per heavy atom. The second kappa shape index (κ2) is 10.2. The Labute approximate surface area is 223 Å². The van der Waals surface area contributed by atoms with E-state index in [2.05, 4.69) is 10.1 Å². The standard InChI is InChI=1S/C27H21F7N4O2/c1-15(17-9-18(26(29,30)31)11-19(10-17)27(32,33)34)40-23-14-37(13-22(23)16-3-5-20(28)6-4-16)25(39)21-12-36-38-8-2-7-35-24(21)38/h2-12,15,22-23H,13-14H2,1H3. The smallest absolute Gasteiger partial charge is 0.368 e. The number of carbonyl (C=O) groups excluding carboxylic acids is 1. The van der Waals surface area contributed by atoms with Crippen LogP contribution < -0.4 is 0 Å². The highest BCUT2D eigenvalue weighted by atomic mass is 19.4. The summed E-state index contributed by atoms with van der Waals surface area (Å²) in [4.78, 5) is 19.1. The summed E-state index contributed by atoms with van der Waals surface area (Å²) < 4.78 is 102. The maximum Gasteiger partial charge on any atom is 0.416 e. The normalized spacial score (nSPS) is 18.9. The van der Waals surface area contributed by atoms with Crippen molar-refractivity contribution in [2.75, 3.05) is 13.1 Å². The number of likely N-dealkylation sites (tertiary alicyclic amines) is 1. The first-order chi connectivity index (χ1) is 18.8. The second-order valence-corrected chi connectivity index (χ2v) is 9.47. The summed E-state index contributed by atoms with van der Waals surface area (Å²) in [6, 6.07) is 8.37. The van der Waals surface area contributed by atoms with E-state index in [1.54, 1.807) is 12.3 Å². The Morgan fingerprint density at radius 3 is 2.27 bits per heavy atom. The van der Waals surface area contributed by atoms with E-state index in [1.807, 2.05) is 0 Å². The Hall–Kier alpha value is -4.00. The van der Waals surface area contributed by atoms with Gasteiger partial charge in [-0.15, -0.1) is 0 Å². The van der Waals surface area contributed by atoms with Crippen molar-refractivity contribution < 1.29 is 40.3 Å². The van der Waals surface area contributed by atoms with E-state index < -0.39 is 53.3 Å². The van der Waals surface area contributed by atoms with Crippen LogP contribution in [0.15, 0.2) is 67.1 Å². The highest BCUT2D eigenvalue weighted by Gasteiger charge is 2.41. The van der Waals surface area contributed by atoms with Crippen molar-refractivity contribution in [1.82, 2.24) is 19.5 Å². The molecule has 1 aliphatic heterocycles. The fourth-order valence-corrected chi connectivity index (χ4v) is 4.81. The van der Waals surface area contributed by atoms with Crippen LogP contribution in [0.1, 0.15) is 51.6 Å². The molecular formula is C27H21F7N4O2. The van der Waals surface area contributed by atoms with Crippen molar-refractivity contribution >= 4 is 11.6 Å². The van der Waals surface area contributed by atoms with E-state index in [0.717, 1.165) is 0 Å². The third-order valence-corrected chi connectivity index (χ3v) is 6.82. The highest BCUT2D eigenvalue weighted by Crippen LogP contribution is 2.40. The van der Waals surface area contributed by atoms with Crippen LogP contribution in [0.3, 0.4) is 0 Å². The van der Waals surface area contributed by atoms with E-state index in [9.17, 15) is 35.5 Å². The number of nitrogens with zero attached hydrogens (tertiary/aromatic N) is 4. The van der Waals surface area contributed by atoms with Gasteiger partial charge in [-0.25, -0.2) is 13.9 Å². The van der Waals surface area contributed by atoms with E-state index in [1.165, 1.54) is 53.0 Å². The molecule has 40 heavy (non-hydrogen) atoms. The van der Waals surface area contributed by atoms with Crippen LogP contribution in [-0.2, 0) is 17.1 Å². The van der Waals surface area contributed by atoms with Gasteiger partial charge in [0, 0.05) is 31.4 Å². The predicted octanol–water partition coefficient (Wildman–Crippen LogP) is 6.29. The number of hydrogen-bond donors (Lipinski definition) is 0. The molecule has 0 aliphatic carbocycles. The van der Waals surface area contributed by atoms with Gasteiger partial charge in [0.25, 0.3) is 5.91 Å². The summed E-state index contributed by atoms with van der Waals surface area (Å²) in [5.74, 6) is -1.48. The number of aromatic nitrogens is 3. The fourth-order valence-electron chi connectivity index (χ4n) is 4.81. The van der Waals surface area contributed by atoms with Gasteiger partial charge in [0.2, 0.25) is 0 Å². The molecule has 0 radical (unpaired) electrons. The quantitative estimate of drug-likeness (QED) is 0.267. The fraction of sp³-hybridized carbons (Fsp3) is 0.296. The van der Waals surface area contributed by atoms with E-state index in [4.69, 9.17) is 4.74 Å². The number of halogens is 7. The number of fused-ring (bicyclic) bond motifs is 1. The van der Waals surface area contributed by atoms with Gasteiger partial charge in [0.05, 0.1) is 29.5 Å². The van der Waals surface area contributed by atoms with Gasteiger partial charge in [0.15, 0.2) is 5.65 Å². The van der Waals surface area contributed by atoms with Crippen LogP contribution in [0.25, 0.3) is 5.65 Å². The topological polar surface area (TPSA) is 59.7 Å². The van der Waals surface area contributed by atoms with Crippen LogP contribution in [0.5, 0.6) is 0 Å². The van der Waals surface area contributed by atoms with Gasteiger partial charge in [-0.05, 0) is 54.4 Å². The van der Waals surface area contributed by atoms with Gasteiger partial charge >= 0.3 is 12.4 Å². The lowest BCUT2D eigenvalue weighted by atomic mass is 9.95. The van der Waals surface area contributed by atoms with Crippen LogP contribution in [0.4, 0.5) is 30.7 Å². The largest absolute Gasteiger partial charge is 0.416 e. The molecule has 1 amide bonds. The summed E-state index contributed by atoms with van der Waals surface area (Å²) in [5, 5.41) is 4.11. The average Bonchev–Trinajstić information content (AvgIpc) is 3.52. The Morgan fingerprint density at radius 1 is 1.00 bits per heavy atom. The Bertz CT molecular complexity index is 1500. The van der Waals surface area contributed by atoms with Crippen LogP contribution in [0.2, 0.25) is 0 Å². The molecule has 4 aromatic rings. The van der Waals surface area contributed by atoms with Crippen molar-refractivity contribution in [3.8, 4) is 0 Å². The maximum absolute atomic E-state index is 13.6. The summed E-state index contributed by atoms with van der Waals surface area (Å²) in [5.41, 5.74) is -2.12. The van der Waals surface area contributed by atoms with Crippen molar-refractivity contribution in [3.05, 3.63) is 101 Å². The number of rotatable bonds is 5. The molecule has 6 nitrogen and oxygen atoms in total. The monoisotopic (exact) mass is 566 g/mol. The molecule has 0 spiro atoms. The number of carbonyl (C=O) groups is 1. The van der Waals surface area contributed by atoms with Gasteiger partial charge < -0.3 is 9.64 Å². The van der Waals surface area contributed by atoms with E-state index >= 15 is 0 Å². The second-order valence-electron chi connectivity index (χ2n) is 9.47. The molecule has 210 valence electrons. The van der Waals surface area contributed by atoms with Crippen molar-refractivity contribution in [2.24, 2.45) is 0 Å². The average molecular weight is 566 g/mol. The number of amides is 1. The van der Waals surface area contributed by atoms with Crippen LogP contribution in [-0.4, -0.2) is 44.6 Å². The molecule has 2 aromatic carbocycles. The molecular weight excluding hydrogens is 545 g/mol. The van der Waals surface area contributed by atoms with Gasteiger partial charge in [-0.2, -0.15) is 31.4 Å². The van der Waals surface area contributed by atoms with E-state index in [0.29, 0.717) is 23.3 Å². The third-order valence-electron chi connectivity index (χ3n) is 6.82. The molecule has 1 fully saturated rings. The molecule has 3 heterocycles. The van der Waals surface area contributed by atoms with Crippen molar-refractivity contribution in [1.29, 1.82) is 0 Å². The zero-order valence-corrected chi connectivity index (χ0v) is 20.7. The minimum absolute atomic E-state index is 0.0273. The predicted molar refractivity (Wildman–Crippen MR) is 128 cm³/mol. The zero-order valence-electron chi connectivity index (χ0n) is 20.7. The first-order valence-corrected chi connectivity index (χ1v) is 12.1. The Balaban J connectivity index is 1.46. The summed E-state index contributed by atoms with van der Waals surface area (Å²) in [6.07, 6.45) is -7.58. The summed E-state index contributed by atoms with van der Waals surface area (Å²) >= 11 is 0. The van der Waals surface area contributed by atoms with Crippen LogP contribution >= 0.6 is 0 Å². The lowest BCUT2D eigenvalue weighted by Gasteiger charge is -2.25. The minimum Gasteiger partial charge on any atom is -0.368 e. The number of alkyl halides is 6. The molecule has 2 aromatic heterocycles. The number of ether oxygens (including phenoxy) is 1. The molecule has 13 heteroatoms. The molecule has 0 N–H and O–H groups in total. The zero-order chi connectivity index (χ0) is 28.8. The summed E-state index contributed by atoms with van der Waals surface area (Å²) in [6.45, 7) is 1.42. The van der Waals surface area contributed by atoms with Gasteiger partial charge in [-0.1, -0.05) is 12.1 Å². The SMILES string of the molecule is CC(OC1CN(C(=O)c2cnn3cccnc23)CC1c1ccc(F)cc1)c1cc(C(F)(F)F)cc(C(F)(F)F)c1. The molecule has 3 unspecified atom stereocenters. The lowest BCUT2D eigenvalue weighted by molar-refractivity contribution is -0.143. The molecule has 0 bridgehead atoms. The lowest BCUT2D eigenvalue weighted by Crippen LogP contribution is -2.30. The maximum atomic E-state index is 13.6. The van der Waals surface area contributed by atoms with Crippen LogP contribution in [0, 0.1) is 5.82 Å². The third kappa shape index (κ3) is 5.51. The van der Waals surface area contributed by atoms with Crippen molar-refractivity contribution in [2.45, 2.75) is 37.4 Å². The number of hydrogen-bond acceptors (Lipinski definition) is 4. The minimum atomic E-state index is -5.01. The van der Waals surface area contributed by atoms with Gasteiger partial charge in [0.1, 0.15) is 11.4 Å². The molecule has 1 aliphatic rings. The molecule has 3 atom stereocenters. The Kier molecular flexibility index (Phi) is 7.02. The van der Waals surface area contributed by atoms with Crippen molar-refractivity contribution in [3.63, 3.8) is 0 Å². The first-order valence-electron chi connectivity index (χ1n) is 12.1. The van der Waals surface area contributed by atoms with Gasteiger partial charge in [-0.3, -0.25) is 4.79 Å².